The molecule has 0 radical (unpaired) electrons. The highest BCUT2D eigenvalue weighted by molar-refractivity contribution is 5.52. The largest absolute Gasteiger partial charge is 0.452 e. The monoisotopic (exact) mass is 138 g/mol. The molecule has 1 unspecified atom stereocenters. The number of nitrogens with one attached hydrogen (secondary N) is 1. The number of hydrogen-bond donors (Lipinski definition) is 2. The maximum Gasteiger partial charge on any atom is 0.231 e. The van der Waals surface area contributed by atoms with E-state index in [-0.39, 0.29) is 0 Å². The van der Waals surface area contributed by atoms with E-state index in [1.165, 1.54) is 0 Å². The first-order valence-corrected chi connectivity index (χ1v) is 3.06. The van der Waals surface area contributed by atoms with Crippen LogP contribution < -0.4 is 10.6 Å². The lowest BCUT2D eigenvalue weighted by atomic mass is 10.4. The summed E-state index contributed by atoms with van der Waals surface area (Å²) >= 11 is 0. The normalized spacial score (nSPS) is 28.6. The number of aliphatic imine (C=N–C) groups is 1. The van der Waals surface area contributed by atoms with Crippen molar-refractivity contribution >= 4 is 6.34 Å². The molecule has 4 nitrogen and oxygen atoms in total. The van der Waals surface area contributed by atoms with E-state index >= 15 is 0 Å². The number of hydrogen-bond acceptors (Lipinski definition) is 3. The van der Waals surface area contributed by atoms with Crippen molar-refractivity contribution < 1.29 is 9.64 Å². The molecule has 2 rings (SSSR count). The van der Waals surface area contributed by atoms with Crippen molar-refractivity contribution in [1.29, 1.82) is 0 Å². The SMILES string of the molecule is NC1=C2C=COC[NH+]2C=N1. The first kappa shape index (κ1) is 5.49. The summed E-state index contributed by atoms with van der Waals surface area (Å²) < 4.78 is 5.03. The predicted molar refractivity (Wildman–Crippen MR) is 35.8 cm³/mol. The average Bonchev–Trinajstić information content (AvgIpc) is 2.34. The second-order valence-electron chi connectivity index (χ2n) is 2.20. The molecule has 0 saturated carbocycles. The second-order valence-corrected chi connectivity index (χ2v) is 2.20. The van der Waals surface area contributed by atoms with Crippen LogP contribution in [-0.4, -0.2) is 13.1 Å². The molecule has 4 heteroatoms. The smallest absolute Gasteiger partial charge is 0.231 e. The molecule has 0 aliphatic carbocycles. The predicted octanol–water partition coefficient (Wildman–Crippen LogP) is -1.46. The van der Waals surface area contributed by atoms with Crippen LogP contribution in [0, 0.1) is 0 Å². The molecule has 3 N–H and O–H groups in total. The highest BCUT2D eigenvalue weighted by Crippen LogP contribution is 2.01. The Balaban J connectivity index is 2.39. The van der Waals surface area contributed by atoms with Gasteiger partial charge in [0.15, 0.2) is 17.9 Å². The van der Waals surface area contributed by atoms with Gasteiger partial charge in [0.2, 0.25) is 6.73 Å². The molecular formula is C6H8N3O+. The van der Waals surface area contributed by atoms with Crippen molar-refractivity contribution in [3.8, 4) is 0 Å². The molecular weight excluding hydrogens is 130 g/mol. The van der Waals surface area contributed by atoms with Crippen LogP contribution in [0.1, 0.15) is 0 Å². The van der Waals surface area contributed by atoms with Gasteiger partial charge in [0, 0.05) is 6.08 Å². The van der Waals surface area contributed by atoms with E-state index in [0.717, 1.165) is 10.6 Å². The minimum Gasteiger partial charge on any atom is -0.452 e. The van der Waals surface area contributed by atoms with E-state index in [1.54, 1.807) is 12.6 Å². The molecule has 0 saturated heterocycles. The van der Waals surface area contributed by atoms with Gasteiger partial charge >= 0.3 is 0 Å². The highest BCUT2D eigenvalue weighted by atomic mass is 16.5. The maximum absolute atomic E-state index is 5.54. The molecule has 0 aromatic rings. The Labute approximate surface area is 58.3 Å². The summed E-state index contributed by atoms with van der Waals surface area (Å²) in [7, 11) is 0. The minimum absolute atomic E-state index is 0.592. The zero-order valence-corrected chi connectivity index (χ0v) is 5.37. The van der Waals surface area contributed by atoms with Gasteiger partial charge in [-0.25, -0.2) is 4.90 Å². The number of ether oxygens (including phenoxy) is 1. The van der Waals surface area contributed by atoms with Gasteiger partial charge in [-0.05, 0) is 0 Å². The fourth-order valence-corrected chi connectivity index (χ4v) is 1.01. The van der Waals surface area contributed by atoms with Crippen LogP contribution >= 0.6 is 0 Å². The third-order valence-corrected chi connectivity index (χ3v) is 1.55. The summed E-state index contributed by atoms with van der Waals surface area (Å²) in [6, 6.07) is 0. The summed E-state index contributed by atoms with van der Waals surface area (Å²) in [6.45, 7) is 0.593. The summed E-state index contributed by atoms with van der Waals surface area (Å²) in [6.07, 6.45) is 5.22. The Kier molecular flexibility index (Phi) is 1.01. The molecule has 0 spiro atoms. The van der Waals surface area contributed by atoms with Gasteiger partial charge in [0.25, 0.3) is 0 Å². The van der Waals surface area contributed by atoms with Crippen molar-refractivity contribution in [3.63, 3.8) is 0 Å². The van der Waals surface area contributed by atoms with Crippen LogP contribution in [0.4, 0.5) is 0 Å². The Morgan fingerprint density at radius 2 is 2.60 bits per heavy atom. The molecule has 10 heavy (non-hydrogen) atoms. The highest BCUT2D eigenvalue weighted by Gasteiger charge is 2.23. The molecule has 0 bridgehead atoms. The van der Waals surface area contributed by atoms with Gasteiger partial charge in [-0.2, -0.15) is 4.99 Å². The van der Waals surface area contributed by atoms with Crippen LogP contribution in [0.2, 0.25) is 0 Å². The van der Waals surface area contributed by atoms with Gasteiger partial charge in [0.1, 0.15) is 0 Å². The number of nitrogens with two attached hydrogens (primary N) is 1. The Bertz CT molecular complexity index is 241. The molecule has 0 aromatic carbocycles. The quantitative estimate of drug-likeness (QED) is 0.430. The Morgan fingerprint density at radius 3 is 3.40 bits per heavy atom. The summed E-state index contributed by atoms with van der Waals surface area (Å²) in [5, 5.41) is 0. The molecule has 1 atom stereocenters. The molecule has 0 amide bonds. The van der Waals surface area contributed by atoms with E-state index in [2.05, 4.69) is 4.99 Å². The van der Waals surface area contributed by atoms with Crippen molar-refractivity contribution in [2.24, 2.45) is 10.7 Å². The van der Waals surface area contributed by atoms with Gasteiger partial charge in [0.05, 0.1) is 6.26 Å². The van der Waals surface area contributed by atoms with Crippen molar-refractivity contribution in [1.82, 2.24) is 0 Å². The van der Waals surface area contributed by atoms with E-state index in [4.69, 9.17) is 10.5 Å². The van der Waals surface area contributed by atoms with Crippen LogP contribution in [0.5, 0.6) is 0 Å². The lowest BCUT2D eigenvalue weighted by Crippen LogP contribution is -3.09. The van der Waals surface area contributed by atoms with Gasteiger partial charge in [-0.15, -0.1) is 0 Å². The minimum atomic E-state index is 0.592. The van der Waals surface area contributed by atoms with Crippen molar-refractivity contribution in [2.45, 2.75) is 0 Å². The van der Waals surface area contributed by atoms with Gasteiger partial charge in [-0.1, -0.05) is 0 Å². The zero-order valence-electron chi connectivity index (χ0n) is 5.37. The van der Waals surface area contributed by atoms with Gasteiger partial charge in [-0.3, -0.25) is 0 Å². The average molecular weight is 138 g/mol. The number of rotatable bonds is 0. The summed E-state index contributed by atoms with van der Waals surface area (Å²) in [5.41, 5.74) is 6.55. The first-order chi connectivity index (χ1) is 4.88. The third-order valence-electron chi connectivity index (χ3n) is 1.55. The van der Waals surface area contributed by atoms with E-state index in [1.807, 2.05) is 6.08 Å². The van der Waals surface area contributed by atoms with E-state index in [9.17, 15) is 0 Å². The third kappa shape index (κ3) is 0.625. The topological polar surface area (TPSA) is 52.0 Å². The van der Waals surface area contributed by atoms with Crippen molar-refractivity contribution in [2.75, 3.05) is 6.73 Å². The molecule has 0 aromatic heterocycles. The number of fused-ring (bicyclic) bond motifs is 1. The fraction of sp³-hybridized carbons (Fsp3) is 0.167. The van der Waals surface area contributed by atoms with Gasteiger partial charge < -0.3 is 10.5 Å². The molecule has 2 aliphatic rings. The number of nitrogens with zero attached hydrogens (tertiary/aromatic N) is 1. The van der Waals surface area contributed by atoms with E-state index < -0.39 is 0 Å². The molecule has 52 valence electrons. The maximum atomic E-state index is 5.54. The first-order valence-electron chi connectivity index (χ1n) is 3.06. The number of allylic oxidation sites excluding steroid dienone is 1. The molecule has 2 heterocycles. The molecule has 2 aliphatic heterocycles. The second kappa shape index (κ2) is 1.85. The lowest BCUT2D eigenvalue weighted by Gasteiger charge is -2.13. The van der Waals surface area contributed by atoms with Crippen LogP contribution in [-0.2, 0) is 4.74 Å². The Morgan fingerprint density at radius 1 is 1.70 bits per heavy atom. The zero-order chi connectivity index (χ0) is 6.97. The lowest BCUT2D eigenvalue weighted by molar-refractivity contribution is -0.777. The summed E-state index contributed by atoms with van der Waals surface area (Å²) in [4.78, 5) is 5.01. The van der Waals surface area contributed by atoms with Crippen LogP contribution in [0.3, 0.4) is 0 Å². The van der Waals surface area contributed by atoms with Crippen LogP contribution in [0.15, 0.2) is 28.8 Å². The fourth-order valence-electron chi connectivity index (χ4n) is 1.01. The molecule has 0 fully saturated rings. The summed E-state index contributed by atoms with van der Waals surface area (Å²) in [5.74, 6) is 0.592. The van der Waals surface area contributed by atoms with E-state index in [0.29, 0.717) is 12.6 Å². The Hall–Kier alpha value is -1.29. The standard InChI is InChI=1S/C6H7N3O/c7-6-5-1-2-10-4-9(5)3-8-6/h1-3H,4,7H2/p+1. The van der Waals surface area contributed by atoms with Crippen LogP contribution in [0.25, 0.3) is 0 Å². The number of quaternary nitrogens is 1. The van der Waals surface area contributed by atoms with Crippen molar-refractivity contribution in [3.05, 3.63) is 23.9 Å².